The first-order valence-corrected chi connectivity index (χ1v) is 10.8. The zero-order chi connectivity index (χ0) is 21.9. The van der Waals surface area contributed by atoms with Crippen molar-refractivity contribution in [1.29, 1.82) is 0 Å². The third-order valence-electron chi connectivity index (χ3n) is 5.74. The normalized spacial score (nSPS) is 13.3. The van der Waals surface area contributed by atoms with Gasteiger partial charge in [-0.3, -0.25) is 9.78 Å². The lowest BCUT2D eigenvalue weighted by molar-refractivity contribution is 0.102. The summed E-state index contributed by atoms with van der Waals surface area (Å²) < 4.78 is 1.72. The van der Waals surface area contributed by atoms with Crippen LogP contribution in [0.25, 0.3) is 16.9 Å². The van der Waals surface area contributed by atoms with Gasteiger partial charge in [-0.1, -0.05) is 17.3 Å². The third-order valence-corrected chi connectivity index (χ3v) is 5.74. The van der Waals surface area contributed by atoms with Crippen LogP contribution >= 0.6 is 0 Å². The first-order valence-electron chi connectivity index (χ1n) is 10.8. The first-order chi connectivity index (χ1) is 15.7. The van der Waals surface area contributed by atoms with Crippen molar-refractivity contribution in [1.82, 2.24) is 20.0 Å². The number of hydrogen-bond donors (Lipinski definition) is 1. The van der Waals surface area contributed by atoms with Crippen LogP contribution in [-0.2, 0) is 0 Å². The largest absolute Gasteiger partial charge is 0.372 e. The Hall–Kier alpha value is -4.00. The Kier molecular flexibility index (Phi) is 5.37. The molecule has 0 spiro atoms. The van der Waals surface area contributed by atoms with Gasteiger partial charge in [0, 0.05) is 48.0 Å². The molecule has 160 valence electrons. The average molecular weight is 425 g/mol. The Morgan fingerprint density at radius 1 is 1.03 bits per heavy atom. The molecule has 1 fully saturated rings. The number of carbonyl (C=O) groups is 1. The van der Waals surface area contributed by atoms with Crippen molar-refractivity contribution in [2.24, 2.45) is 0 Å². The number of aromatic nitrogens is 4. The minimum atomic E-state index is -0.129. The van der Waals surface area contributed by atoms with Crippen molar-refractivity contribution < 1.29 is 4.79 Å². The molecule has 0 radical (unpaired) electrons. The maximum atomic E-state index is 12.9. The van der Waals surface area contributed by atoms with Crippen molar-refractivity contribution in [2.45, 2.75) is 19.8 Å². The summed E-state index contributed by atoms with van der Waals surface area (Å²) in [4.78, 5) is 19.4. The van der Waals surface area contributed by atoms with Gasteiger partial charge in [-0.05, 0) is 67.8 Å². The predicted molar refractivity (Wildman–Crippen MR) is 125 cm³/mol. The number of aryl methyl sites for hydroxylation is 1. The second kappa shape index (κ2) is 8.63. The molecule has 0 unspecified atom stereocenters. The van der Waals surface area contributed by atoms with Gasteiger partial charge >= 0.3 is 0 Å². The minimum absolute atomic E-state index is 0.129. The van der Waals surface area contributed by atoms with Gasteiger partial charge in [0.15, 0.2) is 0 Å². The van der Waals surface area contributed by atoms with E-state index in [1.54, 1.807) is 17.1 Å². The van der Waals surface area contributed by atoms with Crippen LogP contribution in [0.1, 0.15) is 28.8 Å². The number of nitrogens with one attached hydrogen (secondary N) is 1. The summed E-state index contributed by atoms with van der Waals surface area (Å²) >= 11 is 0. The summed E-state index contributed by atoms with van der Waals surface area (Å²) in [5.74, 6) is -0.129. The second-order valence-electron chi connectivity index (χ2n) is 7.99. The van der Waals surface area contributed by atoms with Crippen molar-refractivity contribution in [3.05, 3.63) is 84.3 Å². The molecule has 32 heavy (non-hydrogen) atoms. The molecule has 0 bridgehead atoms. The number of amides is 1. The highest BCUT2D eigenvalue weighted by molar-refractivity contribution is 6.05. The monoisotopic (exact) mass is 424 g/mol. The molecule has 4 aromatic rings. The fourth-order valence-corrected chi connectivity index (χ4v) is 3.98. The molecular formula is C25H24N6O. The van der Waals surface area contributed by atoms with Gasteiger partial charge in [-0.25, -0.2) is 4.68 Å². The van der Waals surface area contributed by atoms with Crippen LogP contribution in [0.15, 0.2) is 73.2 Å². The van der Waals surface area contributed by atoms with Crippen LogP contribution in [0.4, 0.5) is 11.4 Å². The summed E-state index contributed by atoms with van der Waals surface area (Å²) in [5.41, 5.74) is 5.99. The summed E-state index contributed by atoms with van der Waals surface area (Å²) in [5, 5.41) is 11.6. The van der Waals surface area contributed by atoms with E-state index in [-0.39, 0.29) is 5.91 Å². The Bertz CT molecular complexity index is 1240. The summed E-state index contributed by atoms with van der Waals surface area (Å²) in [6.07, 6.45) is 7.75. The summed E-state index contributed by atoms with van der Waals surface area (Å²) in [6.45, 7) is 4.10. The molecular weight excluding hydrogens is 400 g/mol. The Balaban J connectivity index is 1.37. The average Bonchev–Trinajstić information content (AvgIpc) is 3.54. The number of anilines is 2. The molecule has 1 aliphatic heterocycles. The number of nitrogens with zero attached hydrogens (tertiary/aromatic N) is 5. The van der Waals surface area contributed by atoms with Gasteiger partial charge in [-0.15, -0.1) is 5.10 Å². The number of hydrogen-bond acceptors (Lipinski definition) is 5. The SMILES string of the molecule is Cc1ccc(NC(=O)c2cccc(N3CCCC3)c2)cc1-n1cc(-c2cccnc2)nn1. The highest BCUT2D eigenvalue weighted by Crippen LogP contribution is 2.24. The van der Waals surface area contributed by atoms with E-state index in [4.69, 9.17) is 0 Å². The lowest BCUT2D eigenvalue weighted by atomic mass is 10.1. The highest BCUT2D eigenvalue weighted by atomic mass is 16.1. The van der Waals surface area contributed by atoms with E-state index in [9.17, 15) is 4.79 Å². The molecule has 1 N–H and O–H groups in total. The van der Waals surface area contributed by atoms with Gasteiger partial charge < -0.3 is 10.2 Å². The Labute approximate surface area is 186 Å². The van der Waals surface area contributed by atoms with Gasteiger partial charge in [0.1, 0.15) is 5.69 Å². The predicted octanol–water partition coefficient (Wildman–Crippen LogP) is 4.49. The quantitative estimate of drug-likeness (QED) is 0.511. The smallest absolute Gasteiger partial charge is 0.255 e. The highest BCUT2D eigenvalue weighted by Gasteiger charge is 2.15. The zero-order valence-corrected chi connectivity index (χ0v) is 17.9. The van der Waals surface area contributed by atoms with E-state index in [1.807, 2.05) is 61.7 Å². The molecule has 0 atom stereocenters. The maximum absolute atomic E-state index is 12.9. The fraction of sp³-hybridized carbons (Fsp3) is 0.200. The minimum Gasteiger partial charge on any atom is -0.372 e. The molecule has 1 amide bonds. The zero-order valence-electron chi connectivity index (χ0n) is 17.9. The molecule has 2 aromatic heterocycles. The Morgan fingerprint density at radius 3 is 2.72 bits per heavy atom. The van der Waals surface area contributed by atoms with Crippen LogP contribution in [0.5, 0.6) is 0 Å². The van der Waals surface area contributed by atoms with Crippen molar-refractivity contribution in [3.63, 3.8) is 0 Å². The van der Waals surface area contributed by atoms with E-state index in [2.05, 4.69) is 31.6 Å². The number of rotatable bonds is 5. The van der Waals surface area contributed by atoms with Gasteiger partial charge in [-0.2, -0.15) is 0 Å². The van der Waals surface area contributed by atoms with Crippen LogP contribution in [0, 0.1) is 6.92 Å². The van der Waals surface area contributed by atoms with Gasteiger partial charge in [0.05, 0.1) is 11.9 Å². The molecule has 1 aliphatic rings. The van der Waals surface area contributed by atoms with Crippen LogP contribution in [0.3, 0.4) is 0 Å². The van der Waals surface area contributed by atoms with Crippen LogP contribution < -0.4 is 10.2 Å². The van der Waals surface area contributed by atoms with Crippen LogP contribution in [-0.4, -0.2) is 39.0 Å². The molecule has 1 saturated heterocycles. The standard InChI is InChI=1S/C25H24N6O/c1-18-9-10-21(15-24(18)31-17-23(28-29-31)20-7-5-11-26-16-20)27-25(32)19-6-4-8-22(14-19)30-12-2-3-13-30/h4-11,14-17H,2-3,12-13H2,1H3,(H,27,32). The second-order valence-corrected chi connectivity index (χ2v) is 7.99. The van der Waals surface area contributed by atoms with Gasteiger partial charge in [0.2, 0.25) is 0 Å². The third kappa shape index (κ3) is 4.09. The first kappa shape index (κ1) is 19.9. The lowest BCUT2D eigenvalue weighted by Crippen LogP contribution is -2.19. The van der Waals surface area contributed by atoms with Crippen molar-refractivity contribution in [2.75, 3.05) is 23.3 Å². The molecule has 7 heteroatoms. The molecule has 3 heterocycles. The number of pyridine rings is 1. The molecule has 5 rings (SSSR count). The van der Waals surface area contributed by atoms with Crippen molar-refractivity contribution in [3.8, 4) is 16.9 Å². The number of benzene rings is 2. The van der Waals surface area contributed by atoms with E-state index in [1.165, 1.54) is 12.8 Å². The molecule has 2 aromatic carbocycles. The van der Waals surface area contributed by atoms with Crippen molar-refractivity contribution >= 4 is 17.3 Å². The number of carbonyl (C=O) groups excluding carboxylic acids is 1. The lowest BCUT2D eigenvalue weighted by Gasteiger charge is -2.18. The molecule has 0 aliphatic carbocycles. The summed E-state index contributed by atoms with van der Waals surface area (Å²) in [7, 11) is 0. The molecule has 0 saturated carbocycles. The van der Waals surface area contributed by atoms with Crippen LogP contribution in [0.2, 0.25) is 0 Å². The Morgan fingerprint density at radius 2 is 1.91 bits per heavy atom. The maximum Gasteiger partial charge on any atom is 0.255 e. The van der Waals surface area contributed by atoms with Gasteiger partial charge in [0.25, 0.3) is 5.91 Å². The topological polar surface area (TPSA) is 75.9 Å². The van der Waals surface area contributed by atoms with E-state index in [0.29, 0.717) is 11.3 Å². The fourth-order valence-electron chi connectivity index (χ4n) is 3.98. The van der Waals surface area contributed by atoms with E-state index < -0.39 is 0 Å². The molecule has 7 nitrogen and oxygen atoms in total. The van der Waals surface area contributed by atoms with E-state index >= 15 is 0 Å². The summed E-state index contributed by atoms with van der Waals surface area (Å²) in [6, 6.07) is 17.4. The van der Waals surface area contributed by atoms with E-state index in [0.717, 1.165) is 41.3 Å².